The van der Waals surface area contributed by atoms with Crippen molar-refractivity contribution in [2.24, 2.45) is 23.5 Å². The van der Waals surface area contributed by atoms with Gasteiger partial charge in [-0.15, -0.1) is 0 Å². The maximum atomic E-state index is 12.1. The minimum Gasteiger partial charge on any atom is -0.349 e. The molecule has 3 N–H and O–H groups in total. The van der Waals surface area contributed by atoms with Gasteiger partial charge in [0.2, 0.25) is 5.91 Å². The van der Waals surface area contributed by atoms with E-state index in [2.05, 4.69) is 5.32 Å². The number of carbonyl (C=O) groups excluding carboxylic acids is 1. The average molecular weight is 208 g/mol. The molecule has 3 fully saturated rings. The van der Waals surface area contributed by atoms with E-state index in [1.54, 1.807) is 0 Å². The second kappa shape index (κ2) is 3.21. The third-order valence-electron chi connectivity index (χ3n) is 4.71. The number of rotatable bonds is 3. The van der Waals surface area contributed by atoms with Gasteiger partial charge in [-0.25, -0.2) is 0 Å². The summed E-state index contributed by atoms with van der Waals surface area (Å²) in [5.74, 6) is 2.14. The van der Waals surface area contributed by atoms with Crippen LogP contribution in [0.3, 0.4) is 0 Å². The molecular weight excluding hydrogens is 188 g/mol. The Morgan fingerprint density at radius 2 is 2.13 bits per heavy atom. The molecule has 3 aliphatic rings. The Morgan fingerprint density at radius 3 is 2.60 bits per heavy atom. The molecule has 3 atom stereocenters. The lowest BCUT2D eigenvalue weighted by Crippen LogP contribution is -2.46. The second-order valence-corrected chi connectivity index (χ2v) is 5.76. The summed E-state index contributed by atoms with van der Waals surface area (Å²) in [6.45, 7) is 0.611. The first-order valence-electron chi connectivity index (χ1n) is 6.24. The second-order valence-electron chi connectivity index (χ2n) is 5.76. The van der Waals surface area contributed by atoms with Crippen molar-refractivity contribution in [1.82, 2.24) is 5.32 Å². The maximum absolute atomic E-state index is 12.1. The van der Waals surface area contributed by atoms with E-state index in [0.717, 1.165) is 25.2 Å². The summed E-state index contributed by atoms with van der Waals surface area (Å²) in [7, 11) is 0. The lowest BCUT2D eigenvalue weighted by atomic mass is 9.88. The van der Waals surface area contributed by atoms with Gasteiger partial charge >= 0.3 is 0 Å². The molecule has 3 heteroatoms. The zero-order valence-corrected chi connectivity index (χ0v) is 9.17. The van der Waals surface area contributed by atoms with Gasteiger partial charge in [0.25, 0.3) is 0 Å². The van der Waals surface area contributed by atoms with Gasteiger partial charge in [0, 0.05) is 12.5 Å². The van der Waals surface area contributed by atoms with Crippen LogP contribution in [-0.4, -0.2) is 18.0 Å². The fourth-order valence-electron chi connectivity index (χ4n) is 3.45. The number of fused-ring (bicyclic) bond motifs is 2. The monoisotopic (exact) mass is 208 g/mol. The molecule has 3 saturated carbocycles. The smallest absolute Gasteiger partial charge is 0.223 e. The zero-order valence-electron chi connectivity index (χ0n) is 9.17. The van der Waals surface area contributed by atoms with E-state index in [4.69, 9.17) is 5.73 Å². The maximum Gasteiger partial charge on any atom is 0.223 e. The number of nitrogens with one attached hydrogen (secondary N) is 1. The first-order valence-corrected chi connectivity index (χ1v) is 6.24. The molecule has 0 aromatic carbocycles. The van der Waals surface area contributed by atoms with Crippen molar-refractivity contribution in [3.63, 3.8) is 0 Å². The summed E-state index contributed by atoms with van der Waals surface area (Å²) >= 11 is 0. The number of hydrogen-bond donors (Lipinski definition) is 2. The highest BCUT2D eigenvalue weighted by Crippen LogP contribution is 2.48. The summed E-state index contributed by atoms with van der Waals surface area (Å²) in [5, 5.41) is 3.18. The summed E-state index contributed by atoms with van der Waals surface area (Å²) in [6.07, 6.45) is 7.23. The van der Waals surface area contributed by atoms with Crippen LogP contribution in [0, 0.1) is 17.8 Å². The van der Waals surface area contributed by atoms with Crippen molar-refractivity contribution < 1.29 is 4.79 Å². The molecule has 0 aliphatic heterocycles. The lowest BCUT2D eigenvalue weighted by molar-refractivity contribution is -0.127. The van der Waals surface area contributed by atoms with Crippen molar-refractivity contribution in [3.8, 4) is 0 Å². The van der Waals surface area contributed by atoms with Gasteiger partial charge in [-0.2, -0.15) is 0 Å². The van der Waals surface area contributed by atoms with Gasteiger partial charge in [0.15, 0.2) is 0 Å². The number of carbonyl (C=O) groups is 1. The van der Waals surface area contributed by atoms with Crippen LogP contribution in [0.25, 0.3) is 0 Å². The zero-order chi connectivity index (χ0) is 10.5. The molecule has 3 aliphatic carbocycles. The van der Waals surface area contributed by atoms with Gasteiger partial charge in [0.05, 0.1) is 5.54 Å². The van der Waals surface area contributed by atoms with Crippen LogP contribution < -0.4 is 11.1 Å². The predicted molar refractivity (Wildman–Crippen MR) is 58.1 cm³/mol. The van der Waals surface area contributed by atoms with Gasteiger partial charge in [-0.1, -0.05) is 6.42 Å². The molecule has 84 valence electrons. The quantitative estimate of drug-likeness (QED) is 0.728. The highest BCUT2D eigenvalue weighted by molar-refractivity contribution is 5.80. The molecule has 15 heavy (non-hydrogen) atoms. The predicted octanol–water partition coefficient (Wildman–Crippen LogP) is 1.03. The molecule has 3 rings (SSSR count). The van der Waals surface area contributed by atoms with E-state index in [1.165, 1.54) is 19.3 Å². The molecule has 0 aromatic rings. The average Bonchev–Trinajstić information content (AvgIpc) is 2.73. The highest BCUT2D eigenvalue weighted by atomic mass is 16.2. The van der Waals surface area contributed by atoms with Crippen LogP contribution in [0.4, 0.5) is 0 Å². The van der Waals surface area contributed by atoms with Crippen LogP contribution in [-0.2, 0) is 4.79 Å². The Morgan fingerprint density at radius 1 is 1.33 bits per heavy atom. The molecule has 3 nitrogen and oxygen atoms in total. The molecule has 0 aromatic heterocycles. The third-order valence-corrected chi connectivity index (χ3v) is 4.71. The molecule has 2 bridgehead atoms. The highest BCUT2D eigenvalue weighted by Gasteiger charge is 2.48. The minimum atomic E-state index is -0.00107. The molecule has 0 saturated heterocycles. The van der Waals surface area contributed by atoms with Crippen molar-refractivity contribution in [2.75, 3.05) is 6.54 Å². The molecule has 0 radical (unpaired) electrons. The summed E-state index contributed by atoms with van der Waals surface area (Å²) in [5.41, 5.74) is 5.68. The van der Waals surface area contributed by atoms with Crippen LogP contribution >= 0.6 is 0 Å². The van der Waals surface area contributed by atoms with E-state index in [1.807, 2.05) is 0 Å². The first-order chi connectivity index (χ1) is 7.22. The molecular formula is C12H20N2O. The van der Waals surface area contributed by atoms with Crippen molar-refractivity contribution in [1.29, 1.82) is 0 Å². The van der Waals surface area contributed by atoms with Crippen LogP contribution in [0.1, 0.15) is 38.5 Å². The van der Waals surface area contributed by atoms with E-state index in [-0.39, 0.29) is 5.54 Å². The van der Waals surface area contributed by atoms with Gasteiger partial charge in [-0.05, 0) is 43.9 Å². The Hall–Kier alpha value is -0.570. The molecule has 3 unspecified atom stereocenters. The van der Waals surface area contributed by atoms with Crippen LogP contribution in [0.15, 0.2) is 0 Å². The molecule has 0 spiro atoms. The fraction of sp³-hybridized carbons (Fsp3) is 0.917. The van der Waals surface area contributed by atoms with Gasteiger partial charge < -0.3 is 11.1 Å². The van der Waals surface area contributed by atoms with Crippen molar-refractivity contribution >= 4 is 5.91 Å². The molecule has 1 amide bonds. The number of nitrogens with two attached hydrogens (primary N) is 1. The Labute approximate surface area is 90.8 Å². The summed E-state index contributed by atoms with van der Waals surface area (Å²) < 4.78 is 0. The number of hydrogen-bond acceptors (Lipinski definition) is 2. The lowest BCUT2D eigenvalue weighted by Gasteiger charge is -2.24. The fourth-order valence-corrected chi connectivity index (χ4v) is 3.45. The SMILES string of the molecule is NCC1(NC(=O)C2CC3CCC2C3)CC1. The Balaban J connectivity index is 1.61. The number of amides is 1. The van der Waals surface area contributed by atoms with E-state index in [9.17, 15) is 4.79 Å². The van der Waals surface area contributed by atoms with Gasteiger partial charge in [-0.3, -0.25) is 4.79 Å². The van der Waals surface area contributed by atoms with Gasteiger partial charge in [0.1, 0.15) is 0 Å². The normalized spacial score (nSPS) is 40.5. The summed E-state index contributed by atoms with van der Waals surface area (Å²) in [4.78, 5) is 12.1. The van der Waals surface area contributed by atoms with Crippen molar-refractivity contribution in [3.05, 3.63) is 0 Å². The van der Waals surface area contributed by atoms with Crippen LogP contribution in [0.5, 0.6) is 0 Å². The first kappa shape index (κ1) is 9.64. The minimum absolute atomic E-state index is 0.00107. The largest absolute Gasteiger partial charge is 0.349 e. The topological polar surface area (TPSA) is 55.1 Å². The third kappa shape index (κ3) is 1.57. The Bertz CT molecular complexity index is 285. The van der Waals surface area contributed by atoms with E-state index in [0.29, 0.717) is 24.3 Å². The summed E-state index contributed by atoms with van der Waals surface area (Å²) in [6, 6.07) is 0. The van der Waals surface area contributed by atoms with E-state index >= 15 is 0 Å². The van der Waals surface area contributed by atoms with Crippen molar-refractivity contribution in [2.45, 2.75) is 44.1 Å². The van der Waals surface area contributed by atoms with Crippen LogP contribution in [0.2, 0.25) is 0 Å². The standard InChI is InChI=1S/C12H20N2O/c13-7-12(3-4-12)14-11(15)10-6-8-1-2-9(10)5-8/h8-10H,1-7,13H2,(H,14,15). The Kier molecular flexibility index (Phi) is 2.06. The van der Waals surface area contributed by atoms with E-state index < -0.39 is 0 Å². The molecule has 0 heterocycles.